The fourth-order valence-electron chi connectivity index (χ4n) is 1.49. The molecule has 1 rings (SSSR count). The molecule has 78 valence electrons. The Morgan fingerprint density at radius 3 is 2.71 bits per heavy atom. The molecule has 0 radical (unpaired) electrons. The zero-order chi connectivity index (χ0) is 10.6. The first kappa shape index (κ1) is 11.1. The molecule has 14 heavy (non-hydrogen) atoms. The fraction of sp³-hybridized carbons (Fsp3) is 0.500. The molecular weight excluding hydrogens is 174 g/mol. The average Bonchev–Trinajstić information content (AvgIpc) is 2.15. The number of ether oxygens (including phenoxy) is 1. The summed E-state index contributed by atoms with van der Waals surface area (Å²) in [5, 5.41) is 0. The van der Waals surface area contributed by atoms with Gasteiger partial charge in [-0.25, -0.2) is 0 Å². The van der Waals surface area contributed by atoms with Crippen LogP contribution in [-0.4, -0.2) is 13.2 Å². The van der Waals surface area contributed by atoms with Crippen molar-refractivity contribution in [3.63, 3.8) is 0 Å². The van der Waals surface area contributed by atoms with Gasteiger partial charge >= 0.3 is 0 Å². The van der Waals surface area contributed by atoms with Gasteiger partial charge in [-0.05, 0) is 38.3 Å². The summed E-state index contributed by atoms with van der Waals surface area (Å²) >= 11 is 0. The number of rotatable bonds is 4. The van der Waals surface area contributed by atoms with Crippen LogP contribution >= 0.6 is 0 Å². The molecule has 0 saturated heterocycles. The maximum atomic E-state index is 5.73. The van der Waals surface area contributed by atoms with Crippen LogP contribution in [0.25, 0.3) is 0 Å². The minimum atomic E-state index is 0.250. The topological polar surface area (TPSA) is 35.2 Å². The van der Waals surface area contributed by atoms with Crippen LogP contribution in [0.2, 0.25) is 0 Å². The number of methoxy groups -OCH3 is 1. The second-order valence-corrected chi connectivity index (χ2v) is 3.83. The maximum Gasteiger partial charge on any atom is 0.122 e. The van der Waals surface area contributed by atoms with E-state index in [4.69, 9.17) is 10.5 Å². The molecular formula is C12H19NO. The fourth-order valence-corrected chi connectivity index (χ4v) is 1.49. The van der Waals surface area contributed by atoms with E-state index < -0.39 is 0 Å². The molecule has 0 aliphatic heterocycles. The van der Waals surface area contributed by atoms with Crippen molar-refractivity contribution in [3.8, 4) is 5.75 Å². The predicted octanol–water partition coefficient (Wildman–Crippen LogP) is 2.28. The third kappa shape index (κ3) is 3.04. The first-order chi connectivity index (χ1) is 6.63. The Morgan fingerprint density at radius 2 is 2.14 bits per heavy atom. The molecule has 1 unspecified atom stereocenters. The normalized spacial score (nSPS) is 12.6. The van der Waals surface area contributed by atoms with Crippen molar-refractivity contribution in [2.75, 3.05) is 7.11 Å². The van der Waals surface area contributed by atoms with Crippen LogP contribution < -0.4 is 10.5 Å². The van der Waals surface area contributed by atoms with Crippen molar-refractivity contribution < 1.29 is 4.74 Å². The molecule has 0 spiro atoms. The van der Waals surface area contributed by atoms with Crippen molar-refractivity contribution >= 4 is 0 Å². The summed E-state index contributed by atoms with van der Waals surface area (Å²) < 4.78 is 5.29. The van der Waals surface area contributed by atoms with Gasteiger partial charge < -0.3 is 10.5 Å². The summed E-state index contributed by atoms with van der Waals surface area (Å²) in [6.07, 6.45) is 1.99. The van der Waals surface area contributed by atoms with Crippen LogP contribution in [0.15, 0.2) is 18.2 Å². The number of aryl methyl sites for hydroxylation is 2. The summed E-state index contributed by atoms with van der Waals surface area (Å²) in [6.45, 7) is 4.12. The van der Waals surface area contributed by atoms with Crippen LogP contribution in [0.5, 0.6) is 5.75 Å². The van der Waals surface area contributed by atoms with Crippen LogP contribution in [0.3, 0.4) is 0 Å². The first-order valence-electron chi connectivity index (χ1n) is 5.02. The molecule has 1 aromatic carbocycles. The monoisotopic (exact) mass is 193 g/mol. The van der Waals surface area contributed by atoms with Gasteiger partial charge in [0.15, 0.2) is 0 Å². The minimum Gasteiger partial charge on any atom is -0.496 e. The Morgan fingerprint density at radius 1 is 1.43 bits per heavy atom. The molecule has 1 atom stereocenters. The lowest BCUT2D eigenvalue weighted by Crippen LogP contribution is -2.15. The standard InChI is InChI=1S/C12H19NO/c1-9-4-7-12(14-3)11(8-9)6-5-10(2)13/h4,7-8,10H,5-6,13H2,1-3H3. The van der Waals surface area contributed by atoms with Crippen LogP contribution in [0.1, 0.15) is 24.5 Å². The zero-order valence-corrected chi connectivity index (χ0v) is 9.21. The van der Waals surface area contributed by atoms with E-state index in [2.05, 4.69) is 19.1 Å². The molecule has 2 N–H and O–H groups in total. The smallest absolute Gasteiger partial charge is 0.122 e. The molecule has 0 saturated carbocycles. The number of hydrogen-bond acceptors (Lipinski definition) is 2. The molecule has 1 aromatic rings. The van der Waals surface area contributed by atoms with Gasteiger partial charge in [-0.15, -0.1) is 0 Å². The van der Waals surface area contributed by atoms with Gasteiger partial charge in [-0.1, -0.05) is 17.7 Å². The Labute approximate surface area is 86.1 Å². The number of hydrogen-bond donors (Lipinski definition) is 1. The quantitative estimate of drug-likeness (QED) is 0.796. The number of nitrogens with two attached hydrogens (primary N) is 1. The van der Waals surface area contributed by atoms with Crippen molar-refractivity contribution in [1.82, 2.24) is 0 Å². The van der Waals surface area contributed by atoms with E-state index in [-0.39, 0.29) is 6.04 Å². The maximum absolute atomic E-state index is 5.73. The molecule has 0 amide bonds. The van der Waals surface area contributed by atoms with Gasteiger partial charge in [-0.2, -0.15) is 0 Å². The van der Waals surface area contributed by atoms with Crippen LogP contribution in [0.4, 0.5) is 0 Å². The van der Waals surface area contributed by atoms with Gasteiger partial charge in [0.1, 0.15) is 5.75 Å². The highest BCUT2D eigenvalue weighted by atomic mass is 16.5. The van der Waals surface area contributed by atoms with E-state index >= 15 is 0 Å². The molecule has 2 heteroatoms. The summed E-state index contributed by atoms with van der Waals surface area (Å²) in [5.41, 5.74) is 8.25. The van der Waals surface area contributed by atoms with E-state index in [1.54, 1.807) is 7.11 Å². The molecule has 0 aromatic heterocycles. The van der Waals surface area contributed by atoms with E-state index in [1.165, 1.54) is 11.1 Å². The van der Waals surface area contributed by atoms with Gasteiger partial charge in [0.2, 0.25) is 0 Å². The minimum absolute atomic E-state index is 0.250. The third-order valence-corrected chi connectivity index (χ3v) is 2.30. The Hall–Kier alpha value is -1.02. The molecule has 0 aliphatic carbocycles. The molecule has 0 fully saturated rings. The van der Waals surface area contributed by atoms with E-state index in [0.29, 0.717) is 0 Å². The highest BCUT2D eigenvalue weighted by Gasteiger charge is 2.04. The second kappa shape index (κ2) is 5.01. The lowest BCUT2D eigenvalue weighted by Gasteiger charge is -2.10. The molecule has 0 bridgehead atoms. The third-order valence-electron chi connectivity index (χ3n) is 2.30. The average molecular weight is 193 g/mol. The van der Waals surface area contributed by atoms with Crippen LogP contribution in [-0.2, 0) is 6.42 Å². The summed E-state index contributed by atoms with van der Waals surface area (Å²) in [7, 11) is 1.71. The van der Waals surface area contributed by atoms with E-state index in [0.717, 1.165) is 18.6 Å². The largest absolute Gasteiger partial charge is 0.496 e. The van der Waals surface area contributed by atoms with Crippen molar-refractivity contribution in [2.24, 2.45) is 5.73 Å². The summed E-state index contributed by atoms with van der Waals surface area (Å²) in [4.78, 5) is 0. The van der Waals surface area contributed by atoms with Gasteiger partial charge in [0, 0.05) is 6.04 Å². The second-order valence-electron chi connectivity index (χ2n) is 3.83. The lowest BCUT2D eigenvalue weighted by atomic mass is 10.0. The molecule has 2 nitrogen and oxygen atoms in total. The van der Waals surface area contributed by atoms with Gasteiger partial charge in [0.25, 0.3) is 0 Å². The van der Waals surface area contributed by atoms with Crippen LogP contribution in [0, 0.1) is 6.92 Å². The Balaban J connectivity index is 2.77. The van der Waals surface area contributed by atoms with Crippen molar-refractivity contribution in [1.29, 1.82) is 0 Å². The lowest BCUT2D eigenvalue weighted by molar-refractivity contribution is 0.408. The summed E-state index contributed by atoms with van der Waals surface area (Å²) in [5.74, 6) is 0.969. The molecule has 0 aliphatic rings. The van der Waals surface area contributed by atoms with Crippen molar-refractivity contribution in [3.05, 3.63) is 29.3 Å². The summed E-state index contributed by atoms with van der Waals surface area (Å²) in [6, 6.07) is 6.50. The Bertz CT molecular complexity index is 294. The van der Waals surface area contributed by atoms with Gasteiger partial charge in [0.05, 0.1) is 7.11 Å². The molecule has 0 heterocycles. The number of benzene rings is 1. The highest BCUT2D eigenvalue weighted by molar-refractivity contribution is 5.36. The van der Waals surface area contributed by atoms with Crippen molar-refractivity contribution in [2.45, 2.75) is 32.7 Å². The predicted molar refractivity (Wildman–Crippen MR) is 59.7 cm³/mol. The SMILES string of the molecule is COc1ccc(C)cc1CCC(C)N. The Kier molecular flexibility index (Phi) is 3.96. The van der Waals surface area contributed by atoms with E-state index in [1.807, 2.05) is 13.0 Å². The first-order valence-corrected chi connectivity index (χ1v) is 5.02. The van der Waals surface area contributed by atoms with Gasteiger partial charge in [-0.3, -0.25) is 0 Å². The highest BCUT2D eigenvalue weighted by Crippen LogP contribution is 2.21. The van der Waals surface area contributed by atoms with E-state index in [9.17, 15) is 0 Å². The zero-order valence-electron chi connectivity index (χ0n) is 9.21.